The van der Waals surface area contributed by atoms with Crippen LogP contribution in [0, 0.1) is 5.82 Å². The van der Waals surface area contributed by atoms with Crippen molar-refractivity contribution < 1.29 is 9.18 Å². The normalized spacial score (nSPS) is 21.9. The van der Waals surface area contributed by atoms with Crippen LogP contribution in [0.15, 0.2) is 29.6 Å². The quantitative estimate of drug-likeness (QED) is 0.811. The molecule has 2 aliphatic heterocycles. The van der Waals surface area contributed by atoms with Crippen LogP contribution in [0.25, 0.3) is 11.3 Å². The number of hydrogen-bond acceptors (Lipinski definition) is 6. The second-order valence-corrected chi connectivity index (χ2v) is 8.82. The molecule has 1 aromatic carbocycles. The Kier molecular flexibility index (Phi) is 6.54. The van der Waals surface area contributed by atoms with Crippen molar-refractivity contribution in [3.63, 3.8) is 0 Å². The summed E-state index contributed by atoms with van der Waals surface area (Å²) in [6.07, 6.45) is 2.56. The minimum atomic E-state index is -0.270. The molecule has 2 saturated heterocycles. The van der Waals surface area contributed by atoms with Gasteiger partial charge in [0, 0.05) is 49.7 Å². The fraction of sp³-hybridized carbons (Fsp3) is 0.524. The molecule has 1 N–H and O–H groups in total. The number of piperazine rings is 1. The molecule has 2 aliphatic rings. The van der Waals surface area contributed by atoms with E-state index in [1.165, 1.54) is 42.9 Å². The number of halogens is 1. The first-order chi connectivity index (χ1) is 14.1. The first-order valence-corrected chi connectivity index (χ1v) is 11.1. The minimum Gasteiger partial charge on any atom is -0.305 e. The highest BCUT2D eigenvalue weighted by Gasteiger charge is 2.27. The van der Waals surface area contributed by atoms with Gasteiger partial charge in [0.25, 0.3) is 0 Å². The maximum Gasteiger partial charge on any atom is 0.240 e. The number of hydrogen-bond donors (Lipinski definition) is 1. The van der Waals surface area contributed by atoms with Crippen molar-refractivity contribution in [1.82, 2.24) is 19.7 Å². The monoisotopic (exact) mass is 417 g/mol. The van der Waals surface area contributed by atoms with Crippen molar-refractivity contribution in [2.75, 3.05) is 58.2 Å². The number of anilines is 1. The SMILES string of the molecule is CN1CCCC(N2CCN(CC(=O)Nc3nc(-c4ccc(F)cc4)cs3)CC2)C1. The summed E-state index contributed by atoms with van der Waals surface area (Å²) >= 11 is 1.39. The van der Waals surface area contributed by atoms with Gasteiger partial charge in [0.05, 0.1) is 12.2 Å². The Balaban J connectivity index is 1.24. The fourth-order valence-corrected chi connectivity index (χ4v) is 4.91. The number of amides is 1. The standard InChI is InChI=1S/C21H28FN5OS/c1-25-8-2-3-18(13-25)27-11-9-26(10-12-27)14-20(28)24-21-23-19(15-29-21)16-4-6-17(22)7-5-16/h4-7,15,18H,2-3,8-14H2,1H3,(H,23,24,28). The van der Waals surface area contributed by atoms with E-state index >= 15 is 0 Å². The molecule has 0 bridgehead atoms. The summed E-state index contributed by atoms with van der Waals surface area (Å²) in [5.74, 6) is -0.302. The van der Waals surface area contributed by atoms with Gasteiger partial charge in [-0.1, -0.05) is 0 Å². The smallest absolute Gasteiger partial charge is 0.240 e. The lowest BCUT2D eigenvalue weighted by Crippen LogP contribution is -2.55. The molecule has 4 rings (SSSR count). The lowest BCUT2D eigenvalue weighted by atomic mass is 10.0. The highest BCUT2D eigenvalue weighted by Crippen LogP contribution is 2.25. The molecule has 3 heterocycles. The molecule has 1 amide bonds. The van der Waals surface area contributed by atoms with Gasteiger partial charge >= 0.3 is 0 Å². The molecular formula is C21H28FN5OS. The van der Waals surface area contributed by atoms with Crippen molar-refractivity contribution in [3.8, 4) is 11.3 Å². The third kappa shape index (κ3) is 5.39. The minimum absolute atomic E-state index is 0.0316. The largest absolute Gasteiger partial charge is 0.305 e. The van der Waals surface area contributed by atoms with E-state index in [4.69, 9.17) is 0 Å². The van der Waals surface area contributed by atoms with Crippen molar-refractivity contribution in [2.24, 2.45) is 0 Å². The van der Waals surface area contributed by atoms with Crippen LogP contribution in [0.1, 0.15) is 12.8 Å². The Hall–Kier alpha value is -1.87. The summed E-state index contributed by atoms with van der Waals surface area (Å²) < 4.78 is 13.1. The van der Waals surface area contributed by atoms with Crippen molar-refractivity contribution in [2.45, 2.75) is 18.9 Å². The third-order valence-corrected chi connectivity index (χ3v) is 6.54. The zero-order valence-corrected chi connectivity index (χ0v) is 17.6. The number of nitrogens with zero attached hydrogens (tertiary/aromatic N) is 4. The van der Waals surface area contributed by atoms with Gasteiger partial charge in [-0.05, 0) is 50.7 Å². The highest BCUT2D eigenvalue weighted by atomic mass is 32.1. The van der Waals surface area contributed by atoms with Gasteiger partial charge in [-0.3, -0.25) is 14.6 Å². The van der Waals surface area contributed by atoms with Crippen LogP contribution in [0.3, 0.4) is 0 Å². The summed E-state index contributed by atoms with van der Waals surface area (Å²) in [4.78, 5) is 24.1. The lowest BCUT2D eigenvalue weighted by Gasteiger charge is -2.42. The Labute approximate surface area is 175 Å². The number of rotatable bonds is 5. The molecule has 2 aromatic rings. The van der Waals surface area contributed by atoms with Gasteiger partial charge in [-0.15, -0.1) is 11.3 Å². The van der Waals surface area contributed by atoms with E-state index in [0.29, 0.717) is 17.7 Å². The van der Waals surface area contributed by atoms with Crippen LogP contribution in [0.4, 0.5) is 9.52 Å². The summed E-state index contributed by atoms with van der Waals surface area (Å²) in [7, 11) is 2.20. The van der Waals surface area contributed by atoms with E-state index < -0.39 is 0 Å². The number of carbonyl (C=O) groups excluding carboxylic acids is 1. The van der Waals surface area contributed by atoms with Gasteiger partial charge in [0.1, 0.15) is 5.82 Å². The molecule has 156 valence electrons. The fourth-order valence-electron chi connectivity index (χ4n) is 4.17. The van der Waals surface area contributed by atoms with E-state index in [2.05, 4.69) is 32.0 Å². The molecule has 0 spiro atoms. The molecule has 0 aliphatic carbocycles. The van der Waals surface area contributed by atoms with E-state index in [1.54, 1.807) is 12.1 Å². The van der Waals surface area contributed by atoms with Crippen molar-refractivity contribution in [3.05, 3.63) is 35.5 Å². The summed E-state index contributed by atoms with van der Waals surface area (Å²) in [6, 6.07) is 6.87. The second-order valence-electron chi connectivity index (χ2n) is 7.96. The molecule has 0 radical (unpaired) electrons. The maximum atomic E-state index is 13.1. The zero-order chi connectivity index (χ0) is 20.2. The average Bonchev–Trinajstić information content (AvgIpc) is 3.17. The van der Waals surface area contributed by atoms with Crippen molar-refractivity contribution >= 4 is 22.4 Å². The van der Waals surface area contributed by atoms with Crippen LogP contribution in [-0.4, -0.2) is 84.5 Å². The number of thiazole rings is 1. The molecule has 0 saturated carbocycles. The van der Waals surface area contributed by atoms with Crippen LogP contribution >= 0.6 is 11.3 Å². The van der Waals surface area contributed by atoms with E-state index in [1.807, 2.05) is 5.38 Å². The lowest BCUT2D eigenvalue weighted by molar-refractivity contribution is -0.117. The number of piperidine rings is 1. The average molecular weight is 418 g/mol. The molecule has 6 nitrogen and oxygen atoms in total. The number of carbonyl (C=O) groups is 1. The van der Waals surface area contributed by atoms with E-state index in [-0.39, 0.29) is 11.7 Å². The van der Waals surface area contributed by atoms with E-state index in [9.17, 15) is 9.18 Å². The molecular weight excluding hydrogens is 389 g/mol. The van der Waals surface area contributed by atoms with Gasteiger partial charge < -0.3 is 10.2 Å². The third-order valence-electron chi connectivity index (χ3n) is 5.78. The number of nitrogens with one attached hydrogen (secondary N) is 1. The number of benzene rings is 1. The Morgan fingerprint density at radius 1 is 1.21 bits per heavy atom. The summed E-state index contributed by atoms with van der Waals surface area (Å²) in [5, 5.41) is 5.36. The first-order valence-electron chi connectivity index (χ1n) is 10.2. The van der Waals surface area contributed by atoms with Crippen LogP contribution in [0.5, 0.6) is 0 Å². The number of aromatic nitrogens is 1. The van der Waals surface area contributed by atoms with Crippen LogP contribution in [0.2, 0.25) is 0 Å². The highest BCUT2D eigenvalue weighted by molar-refractivity contribution is 7.14. The molecule has 29 heavy (non-hydrogen) atoms. The second kappa shape index (κ2) is 9.30. The molecule has 1 aromatic heterocycles. The predicted molar refractivity (Wildman–Crippen MR) is 115 cm³/mol. The topological polar surface area (TPSA) is 51.7 Å². The zero-order valence-electron chi connectivity index (χ0n) is 16.8. The number of likely N-dealkylation sites (N-methyl/N-ethyl adjacent to an activating group) is 1. The Morgan fingerprint density at radius 2 is 1.97 bits per heavy atom. The Morgan fingerprint density at radius 3 is 2.69 bits per heavy atom. The van der Waals surface area contributed by atoms with Gasteiger partial charge in [0.2, 0.25) is 5.91 Å². The van der Waals surface area contributed by atoms with Crippen LogP contribution in [-0.2, 0) is 4.79 Å². The molecule has 1 unspecified atom stereocenters. The first kappa shape index (κ1) is 20.4. The van der Waals surface area contributed by atoms with Gasteiger partial charge in [-0.2, -0.15) is 0 Å². The van der Waals surface area contributed by atoms with E-state index in [0.717, 1.165) is 44.0 Å². The summed E-state index contributed by atoms with van der Waals surface area (Å²) in [6.45, 7) is 6.65. The molecule has 2 fully saturated rings. The van der Waals surface area contributed by atoms with Crippen LogP contribution < -0.4 is 5.32 Å². The van der Waals surface area contributed by atoms with Gasteiger partial charge in [0.15, 0.2) is 5.13 Å². The van der Waals surface area contributed by atoms with Gasteiger partial charge in [-0.25, -0.2) is 9.37 Å². The Bertz CT molecular complexity index is 819. The molecule has 8 heteroatoms. The van der Waals surface area contributed by atoms with Crippen molar-refractivity contribution in [1.29, 1.82) is 0 Å². The predicted octanol–water partition coefficient (Wildman–Crippen LogP) is 2.60. The summed E-state index contributed by atoms with van der Waals surface area (Å²) in [5.41, 5.74) is 1.59. The molecule has 1 atom stereocenters. The maximum absolute atomic E-state index is 13.1. The number of likely N-dealkylation sites (tertiary alicyclic amines) is 1.